The van der Waals surface area contributed by atoms with Gasteiger partial charge in [-0.05, 0) is 42.5 Å². The highest BCUT2D eigenvalue weighted by molar-refractivity contribution is 9.10. The molecule has 1 heterocycles. The van der Waals surface area contributed by atoms with Crippen molar-refractivity contribution in [1.29, 1.82) is 0 Å². The molecule has 0 aromatic heterocycles. The third-order valence-corrected chi connectivity index (χ3v) is 4.18. The molecule has 1 aliphatic heterocycles. The lowest BCUT2D eigenvalue weighted by Crippen LogP contribution is -2.35. The predicted molar refractivity (Wildman–Crippen MR) is 95.8 cm³/mol. The van der Waals surface area contributed by atoms with Gasteiger partial charge in [0.25, 0.3) is 11.8 Å². The van der Waals surface area contributed by atoms with Gasteiger partial charge < -0.3 is 4.74 Å². The fraction of sp³-hybridized carbons (Fsp3) is 0.0588. The minimum atomic E-state index is -0.484. The molecular weight excluding hydrogens is 396 g/mol. The van der Waals surface area contributed by atoms with Crippen molar-refractivity contribution in [2.75, 3.05) is 12.1 Å². The molecule has 0 spiro atoms. The lowest BCUT2D eigenvalue weighted by atomic mass is 10.1. The zero-order valence-corrected chi connectivity index (χ0v) is 14.9. The van der Waals surface area contributed by atoms with Crippen LogP contribution in [0.2, 0.25) is 5.02 Å². The number of methoxy groups -OCH3 is 1. The maximum atomic E-state index is 12.6. The molecule has 2 amide bonds. The fourth-order valence-corrected chi connectivity index (χ4v) is 2.90. The van der Waals surface area contributed by atoms with E-state index < -0.39 is 11.8 Å². The second kappa shape index (κ2) is 6.67. The van der Waals surface area contributed by atoms with E-state index in [1.807, 2.05) is 6.07 Å². The SMILES string of the molecule is COc1ccc(Cl)cc1/C=C1/C(=O)NN(c2cccc(Br)c2)C1=O. The van der Waals surface area contributed by atoms with Crippen LogP contribution in [-0.2, 0) is 9.59 Å². The van der Waals surface area contributed by atoms with Crippen molar-refractivity contribution < 1.29 is 14.3 Å². The fourth-order valence-electron chi connectivity index (χ4n) is 2.33. The summed E-state index contributed by atoms with van der Waals surface area (Å²) < 4.78 is 6.04. The Morgan fingerprint density at radius 2 is 2.00 bits per heavy atom. The number of benzene rings is 2. The Morgan fingerprint density at radius 1 is 1.21 bits per heavy atom. The Labute approximate surface area is 152 Å². The van der Waals surface area contributed by atoms with E-state index in [1.54, 1.807) is 36.4 Å². The number of ether oxygens (including phenoxy) is 1. The second-order valence-electron chi connectivity index (χ2n) is 5.01. The van der Waals surface area contributed by atoms with E-state index in [0.29, 0.717) is 22.0 Å². The van der Waals surface area contributed by atoms with E-state index in [2.05, 4.69) is 21.4 Å². The first-order chi connectivity index (χ1) is 11.5. The smallest absolute Gasteiger partial charge is 0.282 e. The molecular formula is C17H12BrClN2O3. The van der Waals surface area contributed by atoms with Crippen LogP contribution in [0.3, 0.4) is 0 Å². The molecule has 0 bridgehead atoms. The van der Waals surface area contributed by atoms with Gasteiger partial charge in [0.1, 0.15) is 11.3 Å². The summed E-state index contributed by atoms with van der Waals surface area (Å²) in [4.78, 5) is 24.8. The van der Waals surface area contributed by atoms with Gasteiger partial charge in [-0.1, -0.05) is 33.6 Å². The Kier molecular flexibility index (Phi) is 4.59. The molecule has 5 nitrogen and oxygen atoms in total. The Balaban J connectivity index is 1.99. The zero-order chi connectivity index (χ0) is 17.3. The van der Waals surface area contributed by atoms with E-state index in [-0.39, 0.29) is 5.57 Å². The van der Waals surface area contributed by atoms with Crippen molar-refractivity contribution in [3.05, 3.63) is 63.1 Å². The molecule has 1 aliphatic rings. The van der Waals surface area contributed by atoms with Gasteiger partial charge >= 0.3 is 0 Å². The first-order valence-corrected chi connectivity index (χ1v) is 8.13. The molecule has 1 saturated heterocycles. The predicted octanol–water partition coefficient (Wildman–Crippen LogP) is 3.57. The normalized spacial score (nSPS) is 15.8. The van der Waals surface area contributed by atoms with Crippen molar-refractivity contribution >= 4 is 51.1 Å². The maximum Gasteiger partial charge on any atom is 0.282 e. The van der Waals surface area contributed by atoms with Crippen molar-refractivity contribution in [3.63, 3.8) is 0 Å². The molecule has 24 heavy (non-hydrogen) atoms. The van der Waals surface area contributed by atoms with E-state index in [1.165, 1.54) is 18.2 Å². The van der Waals surface area contributed by atoms with Gasteiger partial charge in [-0.25, -0.2) is 5.01 Å². The van der Waals surface area contributed by atoms with Gasteiger partial charge in [0.05, 0.1) is 12.8 Å². The number of amides is 2. The molecule has 1 N–H and O–H groups in total. The summed E-state index contributed by atoms with van der Waals surface area (Å²) in [7, 11) is 1.51. The average molecular weight is 408 g/mol. The van der Waals surface area contributed by atoms with E-state index in [0.717, 1.165) is 4.47 Å². The number of hydrogen-bond acceptors (Lipinski definition) is 3. The van der Waals surface area contributed by atoms with Crippen molar-refractivity contribution in [2.45, 2.75) is 0 Å². The minimum absolute atomic E-state index is 0.00976. The summed E-state index contributed by atoms with van der Waals surface area (Å²) in [6.45, 7) is 0. The van der Waals surface area contributed by atoms with Gasteiger partial charge in [-0.15, -0.1) is 0 Å². The summed E-state index contributed by atoms with van der Waals surface area (Å²) >= 11 is 9.33. The van der Waals surface area contributed by atoms with Crippen LogP contribution in [-0.4, -0.2) is 18.9 Å². The standard InChI is InChI=1S/C17H12BrClN2O3/c1-24-15-6-5-12(19)7-10(15)8-14-16(22)20-21(17(14)23)13-4-2-3-11(18)9-13/h2-9H,1H3,(H,20,22)/b14-8-. The van der Waals surface area contributed by atoms with Crippen molar-refractivity contribution in [2.24, 2.45) is 0 Å². The summed E-state index contributed by atoms with van der Waals surface area (Å²) in [5.41, 5.74) is 3.68. The number of hydrogen-bond donors (Lipinski definition) is 1. The molecule has 0 saturated carbocycles. The molecule has 0 aliphatic carbocycles. The zero-order valence-electron chi connectivity index (χ0n) is 12.5. The van der Waals surface area contributed by atoms with Crippen LogP contribution in [0.25, 0.3) is 6.08 Å². The van der Waals surface area contributed by atoms with Crippen LogP contribution >= 0.6 is 27.5 Å². The number of carbonyl (C=O) groups is 2. The van der Waals surface area contributed by atoms with Crippen LogP contribution in [0.15, 0.2) is 52.5 Å². The molecule has 2 aromatic carbocycles. The lowest BCUT2D eigenvalue weighted by Gasteiger charge is -2.14. The van der Waals surface area contributed by atoms with Gasteiger partial charge in [0.2, 0.25) is 0 Å². The van der Waals surface area contributed by atoms with Gasteiger partial charge in [-0.2, -0.15) is 0 Å². The highest BCUT2D eigenvalue weighted by Crippen LogP contribution is 2.28. The molecule has 2 aromatic rings. The molecule has 3 rings (SSSR count). The average Bonchev–Trinajstić information content (AvgIpc) is 2.83. The molecule has 0 radical (unpaired) electrons. The van der Waals surface area contributed by atoms with Crippen LogP contribution in [0.5, 0.6) is 5.75 Å². The highest BCUT2D eigenvalue weighted by atomic mass is 79.9. The number of rotatable bonds is 3. The first kappa shape index (κ1) is 16.5. The number of nitrogens with one attached hydrogen (secondary N) is 1. The lowest BCUT2D eigenvalue weighted by molar-refractivity contribution is -0.117. The Morgan fingerprint density at radius 3 is 2.71 bits per heavy atom. The summed E-state index contributed by atoms with van der Waals surface area (Å²) in [5.74, 6) is -0.407. The first-order valence-electron chi connectivity index (χ1n) is 6.96. The number of hydrazine groups is 1. The van der Waals surface area contributed by atoms with Crippen LogP contribution < -0.4 is 15.2 Å². The van der Waals surface area contributed by atoms with E-state index >= 15 is 0 Å². The number of carbonyl (C=O) groups excluding carboxylic acids is 2. The quantitative estimate of drug-likeness (QED) is 0.625. The minimum Gasteiger partial charge on any atom is -0.496 e. The number of halogens is 2. The molecule has 1 fully saturated rings. The Hall–Kier alpha value is -2.31. The third kappa shape index (κ3) is 3.16. The highest BCUT2D eigenvalue weighted by Gasteiger charge is 2.34. The molecule has 7 heteroatoms. The van der Waals surface area contributed by atoms with E-state index in [9.17, 15) is 9.59 Å². The number of anilines is 1. The van der Waals surface area contributed by atoms with Crippen molar-refractivity contribution in [3.8, 4) is 5.75 Å². The molecule has 0 unspecified atom stereocenters. The second-order valence-corrected chi connectivity index (χ2v) is 6.36. The van der Waals surface area contributed by atoms with Crippen molar-refractivity contribution in [1.82, 2.24) is 5.43 Å². The van der Waals surface area contributed by atoms with Crippen LogP contribution in [0.4, 0.5) is 5.69 Å². The van der Waals surface area contributed by atoms with Gasteiger partial charge in [0.15, 0.2) is 0 Å². The topological polar surface area (TPSA) is 58.6 Å². The van der Waals surface area contributed by atoms with E-state index in [4.69, 9.17) is 16.3 Å². The van der Waals surface area contributed by atoms with Gasteiger partial charge in [-0.3, -0.25) is 15.0 Å². The van der Waals surface area contributed by atoms with Gasteiger partial charge in [0, 0.05) is 15.1 Å². The maximum absolute atomic E-state index is 12.6. The number of nitrogens with zero attached hydrogens (tertiary/aromatic N) is 1. The molecule has 122 valence electrons. The summed E-state index contributed by atoms with van der Waals surface area (Å²) in [5, 5.41) is 1.69. The summed E-state index contributed by atoms with van der Waals surface area (Å²) in [6, 6.07) is 12.1. The third-order valence-electron chi connectivity index (χ3n) is 3.45. The Bertz CT molecular complexity index is 867. The summed E-state index contributed by atoms with van der Waals surface area (Å²) in [6.07, 6.45) is 1.47. The monoisotopic (exact) mass is 406 g/mol. The largest absolute Gasteiger partial charge is 0.496 e. The van der Waals surface area contributed by atoms with Crippen LogP contribution in [0.1, 0.15) is 5.56 Å². The van der Waals surface area contributed by atoms with Crippen LogP contribution in [0, 0.1) is 0 Å². The molecule has 0 atom stereocenters.